The Morgan fingerprint density at radius 2 is 2.10 bits per heavy atom. The van der Waals surface area contributed by atoms with Crippen LogP contribution in [0, 0.1) is 0 Å². The van der Waals surface area contributed by atoms with Crippen molar-refractivity contribution in [3.05, 3.63) is 29.8 Å². The van der Waals surface area contributed by atoms with Gasteiger partial charge in [-0.2, -0.15) is 0 Å². The number of para-hydroxylation sites is 1. The minimum Gasteiger partial charge on any atom is -0.361 e. The Hall–Kier alpha value is -1.55. The van der Waals surface area contributed by atoms with Gasteiger partial charge in [0.05, 0.1) is 6.54 Å². The maximum absolute atomic E-state index is 12.2. The van der Waals surface area contributed by atoms with E-state index in [1.165, 1.54) is 24.1 Å². The molecule has 0 unspecified atom stereocenters. The Morgan fingerprint density at radius 3 is 2.95 bits per heavy atom. The van der Waals surface area contributed by atoms with Gasteiger partial charge in [0, 0.05) is 31.4 Å². The number of fused-ring (bicyclic) bond motifs is 1. The van der Waals surface area contributed by atoms with Crippen molar-refractivity contribution in [3.8, 4) is 0 Å². The quantitative estimate of drug-likeness (QED) is 0.880. The summed E-state index contributed by atoms with van der Waals surface area (Å²) in [7, 11) is 0. The van der Waals surface area contributed by atoms with Crippen molar-refractivity contribution in [1.29, 1.82) is 0 Å². The van der Waals surface area contributed by atoms with Crippen LogP contribution in [0.25, 0.3) is 0 Å². The lowest BCUT2D eigenvalue weighted by molar-refractivity contribution is -0.120. The summed E-state index contributed by atoms with van der Waals surface area (Å²) in [6, 6.07) is 8.76. The molecule has 0 radical (unpaired) electrons. The molecule has 108 valence electrons. The Kier molecular flexibility index (Phi) is 4.21. The van der Waals surface area contributed by atoms with Gasteiger partial charge in [0.1, 0.15) is 0 Å². The fourth-order valence-electron chi connectivity index (χ4n) is 3.21. The summed E-state index contributed by atoms with van der Waals surface area (Å²) in [5.74, 6) is 0.161. The van der Waals surface area contributed by atoms with Crippen LogP contribution in [0.15, 0.2) is 24.3 Å². The molecule has 1 amide bonds. The number of amides is 1. The van der Waals surface area contributed by atoms with Gasteiger partial charge in [0.15, 0.2) is 0 Å². The van der Waals surface area contributed by atoms with Gasteiger partial charge in [-0.25, -0.2) is 0 Å². The first kappa shape index (κ1) is 13.4. The van der Waals surface area contributed by atoms with Crippen LogP contribution in [0.3, 0.4) is 0 Å². The van der Waals surface area contributed by atoms with Crippen LogP contribution >= 0.6 is 0 Å². The molecule has 1 fully saturated rings. The van der Waals surface area contributed by atoms with Crippen molar-refractivity contribution in [2.75, 3.05) is 24.5 Å². The molecular weight excluding hydrogens is 250 g/mol. The molecule has 4 nitrogen and oxygen atoms in total. The van der Waals surface area contributed by atoms with Gasteiger partial charge in [-0.05, 0) is 24.5 Å². The molecule has 2 aliphatic rings. The molecular formula is C16H23N3O. The number of hydrogen-bond donors (Lipinski definition) is 2. The molecule has 20 heavy (non-hydrogen) atoms. The van der Waals surface area contributed by atoms with E-state index in [9.17, 15) is 4.79 Å². The topological polar surface area (TPSA) is 44.4 Å². The third-order valence-electron chi connectivity index (χ3n) is 4.26. The number of carbonyl (C=O) groups is 1. The van der Waals surface area contributed by atoms with E-state index in [1.54, 1.807) is 0 Å². The SMILES string of the molecule is O=C(CN1CCNCc2ccccc21)NC1CCCC1. The van der Waals surface area contributed by atoms with Gasteiger partial charge in [-0.1, -0.05) is 31.0 Å². The predicted molar refractivity (Wildman–Crippen MR) is 80.8 cm³/mol. The van der Waals surface area contributed by atoms with Crippen LogP contribution in [0.2, 0.25) is 0 Å². The van der Waals surface area contributed by atoms with E-state index in [1.807, 2.05) is 6.07 Å². The Balaban J connectivity index is 1.65. The summed E-state index contributed by atoms with van der Waals surface area (Å²) < 4.78 is 0. The zero-order valence-electron chi connectivity index (χ0n) is 11.9. The standard InChI is InChI=1S/C16H23N3O/c20-16(18-14-6-2-3-7-14)12-19-10-9-17-11-13-5-1-4-8-15(13)19/h1,4-5,8,14,17H,2-3,6-7,9-12H2,(H,18,20). The molecule has 0 saturated heterocycles. The van der Waals surface area contributed by atoms with Crippen LogP contribution < -0.4 is 15.5 Å². The second-order valence-corrected chi connectivity index (χ2v) is 5.78. The van der Waals surface area contributed by atoms with E-state index in [4.69, 9.17) is 0 Å². The number of nitrogens with zero attached hydrogens (tertiary/aromatic N) is 1. The number of benzene rings is 1. The second-order valence-electron chi connectivity index (χ2n) is 5.78. The van der Waals surface area contributed by atoms with E-state index >= 15 is 0 Å². The van der Waals surface area contributed by atoms with E-state index in [0.717, 1.165) is 32.5 Å². The highest BCUT2D eigenvalue weighted by atomic mass is 16.2. The van der Waals surface area contributed by atoms with Crippen LogP contribution in [-0.2, 0) is 11.3 Å². The number of nitrogens with one attached hydrogen (secondary N) is 2. The maximum Gasteiger partial charge on any atom is 0.239 e. The van der Waals surface area contributed by atoms with Crippen LogP contribution in [0.4, 0.5) is 5.69 Å². The summed E-state index contributed by atoms with van der Waals surface area (Å²) in [6.07, 6.45) is 4.79. The third kappa shape index (κ3) is 3.12. The number of carbonyl (C=O) groups excluding carboxylic acids is 1. The average Bonchev–Trinajstić information content (AvgIpc) is 2.87. The Morgan fingerprint density at radius 1 is 1.30 bits per heavy atom. The third-order valence-corrected chi connectivity index (χ3v) is 4.26. The molecule has 1 heterocycles. The van der Waals surface area contributed by atoms with Crippen LogP contribution in [0.5, 0.6) is 0 Å². The van der Waals surface area contributed by atoms with Crippen molar-refractivity contribution >= 4 is 11.6 Å². The Bertz CT molecular complexity index is 469. The lowest BCUT2D eigenvalue weighted by Crippen LogP contribution is -2.42. The molecule has 2 N–H and O–H groups in total. The zero-order valence-corrected chi connectivity index (χ0v) is 11.9. The summed E-state index contributed by atoms with van der Waals surface area (Å²) in [5, 5.41) is 6.58. The predicted octanol–water partition coefficient (Wildman–Crippen LogP) is 1.65. The summed E-state index contributed by atoms with van der Waals surface area (Å²) in [6.45, 7) is 3.16. The summed E-state index contributed by atoms with van der Waals surface area (Å²) >= 11 is 0. The molecule has 0 aromatic heterocycles. The number of rotatable bonds is 3. The van der Waals surface area contributed by atoms with Crippen LogP contribution in [0.1, 0.15) is 31.2 Å². The van der Waals surface area contributed by atoms with Gasteiger partial charge in [0.2, 0.25) is 5.91 Å². The van der Waals surface area contributed by atoms with Crippen molar-refractivity contribution < 1.29 is 4.79 Å². The molecule has 0 spiro atoms. The van der Waals surface area contributed by atoms with Gasteiger partial charge < -0.3 is 15.5 Å². The van der Waals surface area contributed by atoms with Crippen molar-refractivity contribution in [3.63, 3.8) is 0 Å². The molecule has 3 rings (SSSR count). The lowest BCUT2D eigenvalue weighted by Gasteiger charge is -2.24. The largest absolute Gasteiger partial charge is 0.361 e. The van der Waals surface area contributed by atoms with Gasteiger partial charge >= 0.3 is 0 Å². The van der Waals surface area contributed by atoms with Crippen molar-refractivity contribution in [2.45, 2.75) is 38.3 Å². The smallest absolute Gasteiger partial charge is 0.239 e. The molecule has 1 aromatic rings. The minimum absolute atomic E-state index is 0.161. The lowest BCUT2D eigenvalue weighted by atomic mass is 10.1. The number of hydrogen-bond acceptors (Lipinski definition) is 3. The monoisotopic (exact) mass is 273 g/mol. The summed E-state index contributed by atoms with van der Waals surface area (Å²) in [5.41, 5.74) is 2.47. The van der Waals surface area contributed by atoms with Crippen molar-refractivity contribution in [2.24, 2.45) is 0 Å². The molecule has 1 aromatic carbocycles. The number of anilines is 1. The zero-order chi connectivity index (χ0) is 13.8. The van der Waals surface area contributed by atoms with Crippen LogP contribution in [-0.4, -0.2) is 31.6 Å². The van der Waals surface area contributed by atoms with Gasteiger partial charge in [-0.3, -0.25) is 4.79 Å². The van der Waals surface area contributed by atoms with E-state index < -0.39 is 0 Å². The highest BCUT2D eigenvalue weighted by Gasteiger charge is 2.20. The maximum atomic E-state index is 12.2. The molecule has 1 aliphatic carbocycles. The van der Waals surface area contributed by atoms with Gasteiger partial charge in [0.25, 0.3) is 0 Å². The fourth-order valence-corrected chi connectivity index (χ4v) is 3.21. The van der Waals surface area contributed by atoms with Crippen molar-refractivity contribution in [1.82, 2.24) is 10.6 Å². The van der Waals surface area contributed by atoms with E-state index in [0.29, 0.717) is 12.6 Å². The molecule has 1 aliphatic heterocycles. The van der Waals surface area contributed by atoms with Gasteiger partial charge in [-0.15, -0.1) is 0 Å². The first-order valence-electron chi connectivity index (χ1n) is 7.66. The normalized spacial score (nSPS) is 19.5. The highest BCUT2D eigenvalue weighted by molar-refractivity contribution is 5.82. The highest BCUT2D eigenvalue weighted by Crippen LogP contribution is 2.22. The fraction of sp³-hybridized carbons (Fsp3) is 0.562. The molecule has 4 heteroatoms. The Labute approximate surface area is 120 Å². The van der Waals surface area contributed by atoms with E-state index in [2.05, 4.69) is 33.7 Å². The second kappa shape index (κ2) is 6.27. The minimum atomic E-state index is 0.161. The van der Waals surface area contributed by atoms with E-state index in [-0.39, 0.29) is 5.91 Å². The molecule has 0 bridgehead atoms. The first-order valence-corrected chi connectivity index (χ1v) is 7.66. The molecule has 0 atom stereocenters. The molecule has 1 saturated carbocycles. The first-order chi connectivity index (χ1) is 9.83. The summed E-state index contributed by atoms with van der Waals surface area (Å²) in [4.78, 5) is 14.4. The average molecular weight is 273 g/mol.